The summed E-state index contributed by atoms with van der Waals surface area (Å²) in [7, 11) is 3.62. The minimum atomic E-state index is 0.137. The maximum atomic E-state index is 12.2. The molecule has 0 atom stereocenters. The van der Waals surface area contributed by atoms with Crippen LogP contribution in [0.5, 0.6) is 5.75 Å². The maximum Gasteiger partial charge on any atom is 0.176 e. The highest BCUT2D eigenvalue weighted by Crippen LogP contribution is 2.16. The molecule has 1 aromatic rings. The van der Waals surface area contributed by atoms with E-state index in [0.717, 1.165) is 38.3 Å². The minimum Gasteiger partial charge on any atom is -0.497 e. The van der Waals surface area contributed by atoms with Crippen LogP contribution < -0.4 is 4.74 Å². The Morgan fingerprint density at radius 1 is 1.40 bits per heavy atom. The second-order valence-electron chi connectivity index (χ2n) is 5.41. The quantitative estimate of drug-likeness (QED) is 0.748. The second kappa shape index (κ2) is 7.41. The van der Waals surface area contributed by atoms with Gasteiger partial charge in [0.2, 0.25) is 0 Å². The van der Waals surface area contributed by atoms with Crippen molar-refractivity contribution in [2.45, 2.75) is 12.8 Å². The Balaban J connectivity index is 1.86. The molecule has 1 heterocycles. The van der Waals surface area contributed by atoms with Crippen molar-refractivity contribution in [2.75, 3.05) is 40.5 Å². The van der Waals surface area contributed by atoms with E-state index in [4.69, 9.17) is 9.47 Å². The Morgan fingerprint density at radius 3 is 2.85 bits per heavy atom. The first-order valence-corrected chi connectivity index (χ1v) is 7.12. The predicted molar refractivity (Wildman–Crippen MR) is 78.4 cm³/mol. The molecule has 0 unspecified atom stereocenters. The molecule has 0 aromatic heterocycles. The van der Waals surface area contributed by atoms with Gasteiger partial charge in [0.15, 0.2) is 5.78 Å². The molecular weight excluding hydrogens is 254 g/mol. The molecule has 0 saturated carbocycles. The molecule has 20 heavy (non-hydrogen) atoms. The van der Waals surface area contributed by atoms with Gasteiger partial charge in [-0.2, -0.15) is 0 Å². The summed E-state index contributed by atoms with van der Waals surface area (Å²) in [5.74, 6) is 1.51. The van der Waals surface area contributed by atoms with Crippen LogP contribution in [0.25, 0.3) is 0 Å². The molecule has 1 saturated heterocycles. The Labute approximate surface area is 120 Å². The number of hydrogen-bond acceptors (Lipinski definition) is 4. The normalized spacial score (nSPS) is 16.4. The highest BCUT2D eigenvalue weighted by molar-refractivity contribution is 5.97. The largest absolute Gasteiger partial charge is 0.497 e. The first kappa shape index (κ1) is 15.0. The van der Waals surface area contributed by atoms with Crippen molar-refractivity contribution in [1.29, 1.82) is 0 Å². The molecule has 4 nitrogen and oxygen atoms in total. The van der Waals surface area contributed by atoms with Gasteiger partial charge in [0.25, 0.3) is 0 Å². The van der Waals surface area contributed by atoms with Crippen molar-refractivity contribution < 1.29 is 14.3 Å². The van der Waals surface area contributed by atoms with Crippen LogP contribution in [-0.2, 0) is 4.74 Å². The van der Waals surface area contributed by atoms with Crippen LogP contribution in [0, 0.1) is 5.92 Å². The zero-order valence-electron chi connectivity index (χ0n) is 12.3. The van der Waals surface area contributed by atoms with Crippen LogP contribution in [0.15, 0.2) is 24.3 Å². The number of nitrogens with zero attached hydrogens (tertiary/aromatic N) is 1. The van der Waals surface area contributed by atoms with E-state index in [1.54, 1.807) is 13.2 Å². The number of hydrogen-bond donors (Lipinski definition) is 0. The lowest BCUT2D eigenvalue weighted by atomic mass is 9.99. The SMILES string of the molecule is COc1cccc(C(=O)CN(C)CC2CCOCC2)c1. The monoisotopic (exact) mass is 277 g/mol. The zero-order valence-corrected chi connectivity index (χ0v) is 12.3. The van der Waals surface area contributed by atoms with E-state index in [2.05, 4.69) is 4.90 Å². The summed E-state index contributed by atoms with van der Waals surface area (Å²) in [6.07, 6.45) is 2.19. The van der Waals surface area contributed by atoms with E-state index in [0.29, 0.717) is 18.0 Å². The number of benzene rings is 1. The fourth-order valence-electron chi connectivity index (χ4n) is 2.57. The van der Waals surface area contributed by atoms with Gasteiger partial charge in [-0.05, 0) is 37.9 Å². The molecule has 2 rings (SSSR count). The molecule has 110 valence electrons. The third-order valence-electron chi connectivity index (χ3n) is 3.72. The van der Waals surface area contributed by atoms with Gasteiger partial charge in [0, 0.05) is 25.3 Å². The Bertz CT molecular complexity index is 441. The number of methoxy groups -OCH3 is 1. The van der Waals surface area contributed by atoms with E-state index in [9.17, 15) is 4.79 Å². The van der Waals surface area contributed by atoms with Crippen LogP contribution in [-0.4, -0.2) is 51.1 Å². The lowest BCUT2D eigenvalue weighted by Gasteiger charge is -2.26. The van der Waals surface area contributed by atoms with Crippen molar-refractivity contribution >= 4 is 5.78 Å². The topological polar surface area (TPSA) is 38.8 Å². The van der Waals surface area contributed by atoms with Gasteiger partial charge in [0.1, 0.15) is 5.75 Å². The highest BCUT2D eigenvalue weighted by atomic mass is 16.5. The van der Waals surface area contributed by atoms with Gasteiger partial charge >= 0.3 is 0 Å². The van der Waals surface area contributed by atoms with E-state index in [1.165, 1.54) is 0 Å². The number of Topliss-reactive ketones (excluding diaryl/α,β-unsaturated/α-hetero) is 1. The van der Waals surface area contributed by atoms with Gasteiger partial charge in [-0.15, -0.1) is 0 Å². The van der Waals surface area contributed by atoms with Crippen molar-refractivity contribution in [3.63, 3.8) is 0 Å². The Hall–Kier alpha value is -1.39. The average Bonchev–Trinajstić information content (AvgIpc) is 2.48. The van der Waals surface area contributed by atoms with Crippen molar-refractivity contribution in [1.82, 2.24) is 4.90 Å². The van der Waals surface area contributed by atoms with Crippen LogP contribution in [0.1, 0.15) is 23.2 Å². The van der Waals surface area contributed by atoms with Gasteiger partial charge in [-0.25, -0.2) is 0 Å². The number of rotatable bonds is 6. The summed E-state index contributed by atoms with van der Waals surface area (Å²) >= 11 is 0. The molecule has 0 radical (unpaired) electrons. The summed E-state index contributed by atoms with van der Waals surface area (Å²) in [6.45, 7) is 3.11. The molecule has 0 N–H and O–H groups in total. The van der Waals surface area contributed by atoms with Crippen molar-refractivity contribution in [3.05, 3.63) is 29.8 Å². The number of carbonyl (C=O) groups is 1. The summed E-state index contributed by atoms with van der Waals surface area (Å²) in [5, 5.41) is 0. The van der Waals surface area contributed by atoms with Crippen LogP contribution in [0.2, 0.25) is 0 Å². The summed E-state index contributed by atoms with van der Waals surface area (Å²) in [4.78, 5) is 14.4. The van der Waals surface area contributed by atoms with Crippen molar-refractivity contribution in [3.8, 4) is 5.75 Å². The number of ketones is 1. The number of carbonyl (C=O) groups excluding carboxylic acids is 1. The highest BCUT2D eigenvalue weighted by Gasteiger charge is 2.17. The molecule has 0 amide bonds. The lowest BCUT2D eigenvalue weighted by molar-refractivity contribution is 0.0549. The third-order valence-corrected chi connectivity index (χ3v) is 3.72. The molecule has 1 fully saturated rings. The molecule has 1 aliphatic heterocycles. The molecule has 4 heteroatoms. The first-order valence-electron chi connectivity index (χ1n) is 7.12. The summed E-state index contributed by atoms with van der Waals surface area (Å²) in [5.41, 5.74) is 0.711. The van der Waals surface area contributed by atoms with Crippen LogP contribution in [0.4, 0.5) is 0 Å². The maximum absolute atomic E-state index is 12.2. The molecule has 1 aromatic carbocycles. The zero-order chi connectivity index (χ0) is 14.4. The fraction of sp³-hybridized carbons (Fsp3) is 0.562. The van der Waals surface area contributed by atoms with Gasteiger partial charge < -0.3 is 9.47 Å². The van der Waals surface area contributed by atoms with E-state index < -0.39 is 0 Å². The standard InChI is InChI=1S/C16H23NO3/c1-17(11-13-6-8-20-9-7-13)12-16(18)14-4-3-5-15(10-14)19-2/h3-5,10,13H,6-9,11-12H2,1-2H3. The van der Waals surface area contributed by atoms with Gasteiger partial charge in [-0.3, -0.25) is 9.69 Å². The van der Waals surface area contributed by atoms with Gasteiger partial charge in [0.05, 0.1) is 13.7 Å². The molecule has 1 aliphatic rings. The Kier molecular flexibility index (Phi) is 5.56. The molecule has 0 aliphatic carbocycles. The summed E-state index contributed by atoms with van der Waals surface area (Å²) < 4.78 is 10.5. The predicted octanol–water partition coefficient (Wildman–Crippen LogP) is 2.24. The average molecular weight is 277 g/mol. The lowest BCUT2D eigenvalue weighted by Crippen LogP contribution is -2.33. The molecular formula is C16H23NO3. The fourth-order valence-corrected chi connectivity index (χ4v) is 2.57. The molecule has 0 bridgehead atoms. The molecule has 0 spiro atoms. The third kappa shape index (κ3) is 4.32. The number of ether oxygens (including phenoxy) is 2. The van der Waals surface area contributed by atoms with E-state index in [-0.39, 0.29) is 5.78 Å². The van der Waals surface area contributed by atoms with E-state index in [1.807, 2.05) is 25.2 Å². The smallest absolute Gasteiger partial charge is 0.176 e. The Morgan fingerprint density at radius 2 is 2.15 bits per heavy atom. The van der Waals surface area contributed by atoms with Crippen LogP contribution >= 0.6 is 0 Å². The summed E-state index contributed by atoms with van der Waals surface area (Å²) in [6, 6.07) is 7.34. The second-order valence-corrected chi connectivity index (χ2v) is 5.41. The van der Waals surface area contributed by atoms with E-state index >= 15 is 0 Å². The van der Waals surface area contributed by atoms with Crippen LogP contribution in [0.3, 0.4) is 0 Å². The van der Waals surface area contributed by atoms with Crippen molar-refractivity contribution in [2.24, 2.45) is 5.92 Å². The first-order chi connectivity index (χ1) is 9.69. The van der Waals surface area contributed by atoms with Gasteiger partial charge in [-0.1, -0.05) is 12.1 Å². The number of likely N-dealkylation sites (N-methyl/N-ethyl adjacent to an activating group) is 1. The minimum absolute atomic E-state index is 0.137.